The fraction of sp³-hybridized carbons (Fsp3) is 0.409. The molecule has 28 heavy (non-hydrogen) atoms. The third-order valence-corrected chi connectivity index (χ3v) is 5.48. The summed E-state index contributed by atoms with van der Waals surface area (Å²) in [4.78, 5) is 26.1. The van der Waals surface area contributed by atoms with Crippen molar-refractivity contribution in [2.75, 3.05) is 13.1 Å². The molecule has 2 aromatic rings. The van der Waals surface area contributed by atoms with E-state index in [0.717, 1.165) is 38.9 Å². The number of amides is 2. The van der Waals surface area contributed by atoms with Crippen molar-refractivity contribution in [3.63, 3.8) is 0 Å². The van der Waals surface area contributed by atoms with Crippen LogP contribution < -0.4 is 10.7 Å². The zero-order valence-corrected chi connectivity index (χ0v) is 16.0. The number of fused-ring (bicyclic) bond motifs is 1. The topological polar surface area (TPSA) is 73.8 Å². The van der Waals surface area contributed by atoms with E-state index in [2.05, 4.69) is 63.2 Å². The van der Waals surface area contributed by atoms with E-state index in [9.17, 15) is 9.59 Å². The van der Waals surface area contributed by atoms with Gasteiger partial charge in [0.15, 0.2) is 0 Å². The van der Waals surface area contributed by atoms with Crippen LogP contribution in [0.3, 0.4) is 0 Å². The van der Waals surface area contributed by atoms with Crippen molar-refractivity contribution in [1.29, 1.82) is 0 Å². The van der Waals surface area contributed by atoms with Crippen LogP contribution in [0, 0.1) is 0 Å². The van der Waals surface area contributed by atoms with Gasteiger partial charge < -0.3 is 5.32 Å². The molecule has 146 valence electrons. The molecule has 0 bridgehead atoms. The van der Waals surface area contributed by atoms with Crippen LogP contribution in [0.2, 0.25) is 0 Å². The summed E-state index contributed by atoms with van der Waals surface area (Å²) in [5.74, 6) is -0.287. The van der Waals surface area contributed by atoms with Gasteiger partial charge in [0.05, 0.1) is 0 Å². The zero-order valence-electron chi connectivity index (χ0n) is 16.0. The summed E-state index contributed by atoms with van der Waals surface area (Å²) >= 11 is 0. The van der Waals surface area contributed by atoms with Gasteiger partial charge in [0.2, 0.25) is 5.91 Å². The van der Waals surface area contributed by atoms with E-state index in [4.69, 9.17) is 0 Å². The summed E-state index contributed by atoms with van der Waals surface area (Å²) in [6, 6.07) is 15.1. The molecule has 6 nitrogen and oxygen atoms in total. The molecule has 4 rings (SSSR count). The lowest BCUT2D eigenvalue weighted by Crippen LogP contribution is -2.46. The second kappa shape index (κ2) is 8.52. The molecule has 0 aliphatic carbocycles. The number of hydrazone groups is 1. The maximum atomic E-state index is 12.5. The van der Waals surface area contributed by atoms with Crippen molar-refractivity contribution >= 4 is 28.3 Å². The quantitative estimate of drug-likeness (QED) is 0.859. The maximum Gasteiger partial charge on any atom is 0.267 e. The van der Waals surface area contributed by atoms with Gasteiger partial charge in [0.1, 0.15) is 5.71 Å². The molecular formula is C22H26N4O2. The van der Waals surface area contributed by atoms with Gasteiger partial charge >= 0.3 is 0 Å². The fourth-order valence-corrected chi connectivity index (χ4v) is 3.98. The lowest BCUT2D eigenvalue weighted by atomic mass is 10.1. The molecule has 1 atom stereocenters. The van der Waals surface area contributed by atoms with Crippen molar-refractivity contribution in [2.24, 2.45) is 5.10 Å². The molecule has 6 heteroatoms. The Kier molecular flexibility index (Phi) is 5.67. The predicted molar refractivity (Wildman–Crippen MR) is 110 cm³/mol. The highest BCUT2D eigenvalue weighted by Crippen LogP contribution is 2.19. The van der Waals surface area contributed by atoms with Gasteiger partial charge in [0, 0.05) is 32.0 Å². The smallest absolute Gasteiger partial charge is 0.267 e. The van der Waals surface area contributed by atoms with Gasteiger partial charge in [-0.05, 0) is 41.8 Å². The first-order valence-corrected chi connectivity index (χ1v) is 10.0. The Bertz CT molecular complexity index is 908. The van der Waals surface area contributed by atoms with Crippen molar-refractivity contribution < 1.29 is 9.59 Å². The first-order valence-electron chi connectivity index (χ1n) is 10.0. The second-order valence-electron chi connectivity index (χ2n) is 7.68. The Morgan fingerprint density at radius 1 is 1.14 bits per heavy atom. The number of likely N-dealkylation sites (tertiary alicyclic amines) is 1. The Balaban J connectivity index is 1.39. The van der Waals surface area contributed by atoms with E-state index >= 15 is 0 Å². The molecule has 0 radical (unpaired) electrons. The van der Waals surface area contributed by atoms with E-state index in [1.54, 1.807) is 0 Å². The normalized spacial score (nSPS) is 20.9. The molecule has 2 aliphatic rings. The van der Waals surface area contributed by atoms with Crippen molar-refractivity contribution in [1.82, 2.24) is 15.6 Å². The summed E-state index contributed by atoms with van der Waals surface area (Å²) in [7, 11) is 0. The highest BCUT2D eigenvalue weighted by molar-refractivity contribution is 6.39. The number of rotatable bonds is 4. The molecule has 2 aliphatic heterocycles. The molecule has 1 unspecified atom stereocenters. The minimum Gasteiger partial charge on any atom is -0.347 e. The average Bonchev–Trinajstić information content (AvgIpc) is 2.93. The van der Waals surface area contributed by atoms with Crippen molar-refractivity contribution in [3.8, 4) is 0 Å². The summed E-state index contributed by atoms with van der Waals surface area (Å²) < 4.78 is 0. The number of carbonyl (C=O) groups excluding carboxylic acids is 2. The van der Waals surface area contributed by atoms with E-state index in [-0.39, 0.29) is 17.9 Å². The summed E-state index contributed by atoms with van der Waals surface area (Å²) in [5.41, 5.74) is 4.11. The number of hydrogen-bond donors (Lipinski definition) is 2. The van der Waals surface area contributed by atoms with Crippen LogP contribution >= 0.6 is 0 Å². The number of nitrogens with zero attached hydrogens (tertiary/aromatic N) is 2. The van der Waals surface area contributed by atoms with Crippen LogP contribution in [-0.2, 0) is 16.1 Å². The third kappa shape index (κ3) is 4.57. The van der Waals surface area contributed by atoms with Gasteiger partial charge in [-0.2, -0.15) is 5.10 Å². The molecule has 2 N–H and O–H groups in total. The van der Waals surface area contributed by atoms with Crippen LogP contribution in [0.15, 0.2) is 47.6 Å². The average molecular weight is 378 g/mol. The molecular weight excluding hydrogens is 352 g/mol. The van der Waals surface area contributed by atoms with Crippen LogP contribution in [0.1, 0.15) is 37.7 Å². The van der Waals surface area contributed by atoms with Crippen LogP contribution in [0.5, 0.6) is 0 Å². The minimum atomic E-state index is -0.155. The van der Waals surface area contributed by atoms with Gasteiger partial charge in [0.25, 0.3) is 5.91 Å². The van der Waals surface area contributed by atoms with Crippen LogP contribution in [0.25, 0.3) is 10.8 Å². The molecule has 0 spiro atoms. The fourth-order valence-electron chi connectivity index (χ4n) is 3.98. The van der Waals surface area contributed by atoms with E-state index in [0.29, 0.717) is 18.6 Å². The lowest BCUT2D eigenvalue weighted by molar-refractivity contribution is -0.121. The van der Waals surface area contributed by atoms with Crippen LogP contribution in [-0.4, -0.2) is 41.6 Å². The SMILES string of the molecule is O=C1CCC(C(=O)NC2CCCCN(Cc3ccc4ccccc4c3)C2)=NN1. The molecule has 2 heterocycles. The number of hydrogen-bond acceptors (Lipinski definition) is 4. The number of carbonyl (C=O) groups is 2. The molecule has 2 amide bonds. The van der Waals surface area contributed by atoms with Crippen molar-refractivity contribution in [3.05, 3.63) is 48.0 Å². The molecule has 0 aromatic heterocycles. The largest absolute Gasteiger partial charge is 0.347 e. The summed E-state index contributed by atoms with van der Waals surface area (Å²) in [6.45, 7) is 2.75. The monoisotopic (exact) mass is 378 g/mol. The van der Waals surface area contributed by atoms with Crippen LogP contribution in [0.4, 0.5) is 0 Å². The Morgan fingerprint density at radius 3 is 2.82 bits per heavy atom. The molecule has 0 saturated carbocycles. The molecule has 1 saturated heterocycles. The van der Waals surface area contributed by atoms with Crippen molar-refractivity contribution in [2.45, 2.75) is 44.7 Å². The Labute approximate surface area is 165 Å². The molecule has 2 aromatic carbocycles. The minimum absolute atomic E-state index is 0.107. The van der Waals surface area contributed by atoms with Gasteiger partial charge in [-0.1, -0.05) is 42.8 Å². The second-order valence-corrected chi connectivity index (χ2v) is 7.68. The van der Waals surface area contributed by atoms with Gasteiger partial charge in [-0.25, -0.2) is 5.43 Å². The highest BCUT2D eigenvalue weighted by atomic mass is 16.2. The first kappa shape index (κ1) is 18.6. The molecule has 1 fully saturated rings. The predicted octanol–water partition coefficient (Wildman–Crippen LogP) is 2.58. The number of benzene rings is 2. The van der Waals surface area contributed by atoms with Gasteiger partial charge in [-0.15, -0.1) is 0 Å². The van der Waals surface area contributed by atoms with Gasteiger partial charge in [-0.3, -0.25) is 14.5 Å². The van der Waals surface area contributed by atoms with E-state index in [1.165, 1.54) is 16.3 Å². The number of nitrogens with one attached hydrogen (secondary N) is 2. The summed E-state index contributed by atoms with van der Waals surface area (Å²) in [6.07, 6.45) is 3.94. The lowest BCUT2D eigenvalue weighted by Gasteiger charge is -2.25. The Hall–Kier alpha value is -2.73. The Morgan fingerprint density at radius 2 is 2.00 bits per heavy atom. The first-order chi connectivity index (χ1) is 13.7. The van der Waals surface area contributed by atoms with E-state index in [1.807, 2.05) is 0 Å². The summed E-state index contributed by atoms with van der Waals surface area (Å²) in [5, 5.41) is 9.55. The maximum absolute atomic E-state index is 12.5. The third-order valence-electron chi connectivity index (χ3n) is 5.48. The highest BCUT2D eigenvalue weighted by Gasteiger charge is 2.24. The standard InChI is InChI=1S/C22H26N4O2/c27-21-11-10-20(24-25-21)22(28)23-19-7-3-4-12-26(15-19)14-16-8-9-17-5-1-2-6-18(17)13-16/h1-2,5-6,8-9,13,19H,3-4,7,10-12,14-15H2,(H,23,28)(H,25,27). The van der Waals surface area contributed by atoms with E-state index < -0.39 is 0 Å². The zero-order chi connectivity index (χ0) is 19.3.